The van der Waals surface area contributed by atoms with E-state index in [0.29, 0.717) is 11.8 Å². The first-order valence-corrected chi connectivity index (χ1v) is 11.0. The zero-order valence-corrected chi connectivity index (χ0v) is 20.2. The minimum atomic E-state index is 0. The molecule has 1 aromatic carbocycles. The molecule has 1 aromatic rings. The lowest BCUT2D eigenvalue weighted by atomic mass is 9.79. The van der Waals surface area contributed by atoms with Crippen molar-refractivity contribution in [2.24, 2.45) is 16.8 Å². The predicted molar refractivity (Wildman–Crippen MR) is 131 cm³/mol. The molecule has 2 fully saturated rings. The van der Waals surface area contributed by atoms with Crippen LogP contribution in [0.4, 0.5) is 0 Å². The largest absolute Gasteiger partial charge is 0.356 e. The molecule has 29 heavy (non-hydrogen) atoms. The third kappa shape index (κ3) is 6.59. The molecule has 0 bridgehead atoms. The maximum absolute atomic E-state index is 11.9. The summed E-state index contributed by atoms with van der Waals surface area (Å²) in [4.78, 5) is 18.8. The van der Waals surface area contributed by atoms with E-state index in [1.807, 2.05) is 7.05 Å². The van der Waals surface area contributed by atoms with Crippen LogP contribution in [0, 0.1) is 11.8 Å². The highest BCUT2D eigenvalue weighted by Crippen LogP contribution is 2.34. The Balaban J connectivity index is 0.00000300. The lowest BCUT2D eigenvalue weighted by molar-refractivity contribution is -0.127. The summed E-state index contributed by atoms with van der Waals surface area (Å²) < 4.78 is 0. The number of aliphatic imine (C=N–C) groups is 1. The molecule has 1 amide bonds. The molecule has 0 radical (unpaired) electrons. The van der Waals surface area contributed by atoms with Gasteiger partial charge < -0.3 is 15.5 Å². The number of benzene rings is 1. The molecule has 1 saturated heterocycles. The summed E-state index contributed by atoms with van der Waals surface area (Å²) >= 11 is 0. The molecule has 3 rings (SSSR count). The Morgan fingerprint density at radius 3 is 2.48 bits per heavy atom. The van der Waals surface area contributed by atoms with Gasteiger partial charge in [0.1, 0.15) is 0 Å². The Hall–Kier alpha value is -1.31. The standard InChI is InChI=1S/C23H36N4O.HI/c1-3-18-17-27(16-13-21(18)19-9-5-4-6-10-19)23(24-2)26-15-8-14-25-22(28)20-11-7-12-20;/h4-6,9-10,18,20-21H,3,7-8,11-17H2,1-2H3,(H,24,26)(H,25,28);1H. The fourth-order valence-corrected chi connectivity index (χ4v) is 4.42. The van der Waals surface area contributed by atoms with Gasteiger partial charge >= 0.3 is 0 Å². The van der Waals surface area contributed by atoms with E-state index in [0.717, 1.165) is 51.4 Å². The van der Waals surface area contributed by atoms with Gasteiger partial charge in [-0.15, -0.1) is 24.0 Å². The first-order chi connectivity index (χ1) is 13.7. The van der Waals surface area contributed by atoms with E-state index < -0.39 is 0 Å². The summed E-state index contributed by atoms with van der Waals surface area (Å²) in [5.74, 6) is 2.80. The minimum Gasteiger partial charge on any atom is -0.356 e. The molecule has 0 aromatic heterocycles. The van der Waals surface area contributed by atoms with Crippen molar-refractivity contribution >= 4 is 35.8 Å². The first kappa shape index (κ1) is 24.0. The normalized spacial score (nSPS) is 22.4. The number of amides is 1. The van der Waals surface area contributed by atoms with Crippen LogP contribution in [0.25, 0.3) is 0 Å². The lowest BCUT2D eigenvalue weighted by Gasteiger charge is -2.40. The quantitative estimate of drug-likeness (QED) is 0.251. The maximum Gasteiger partial charge on any atom is 0.223 e. The molecule has 1 aliphatic heterocycles. The highest BCUT2D eigenvalue weighted by Gasteiger charge is 2.30. The molecule has 1 heterocycles. The Morgan fingerprint density at radius 2 is 1.86 bits per heavy atom. The van der Waals surface area contributed by atoms with Gasteiger partial charge in [0.05, 0.1) is 0 Å². The first-order valence-electron chi connectivity index (χ1n) is 11.0. The van der Waals surface area contributed by atoms with Gasteiger partial charge in [-0.1, -0.05) is 50.1 Å². The van der Waals surface area contributed by atoms with E-state index >= 15 is 0 Å². The zero-order chi connectivity index (χ0) is 19.8. The Kier molecular flexibility index (Phi) is 10.2. The highest BCUT2D eigenvalue weighted by atomic mass is 127. The summed E-state index contributed by atoms with van der Waals surface area (Å²) in [6.07, 6.45) is 6.61. The Labute approximate surface area is 193 Å². The van der Waals surface area contributed by atoms with E-state index in [1.165, 1.54) is 24.8 Å². The van der Waals surface area contributed by atoms with E-state index in [1.54, 1.807) is 0 Å². The molecule has 2 atom stereocenters. The van der Waals surface area contributed by atoms with Crippen molar-refractivity contribution in [3.8, 4) is 0 Å². The van der Waals surface area contributed by atoms with Crippen LogP contribution in [0.2, 0.25) is 0 Å². The molecule has 2 unspecified atom stereocenters. The van der Waals surface area contributed by atoms with Gasteiger partial charge in [-0.3, -0.25) is 9.79 Å². The Bertz CT molecular complexity index is 648. The number of nitrogens with one attached hydrogen (secondary N) is 2. The number of piperidine rings is 1. The van der Waals surface area contributed by atoms with Crippen molar-refractivity contribution in [3.05, 3.63) is 35.9 Å². The zero-order valence-electron chi connectivity index (χ0n) is 17.9. The molecule has 1 aliphatic carbocycles. The van der Waals surface area contributed by atoms with Crippen LogP contribution in [0.3, 0.4) is 0 Å². The summed E-state index contributed by atoms with van der Waals surface area (Å²) in [5.41, 5.74) is 1.47. The van der Waals surface area contributed by atoms with Gasteiger partial charge in [0.2, 0.25) is 5.91 Å². The Morgan fingerprint density at radius 1 is 1.14 bits per heavy atom. The van der Waals surface area contributed by atoms with Gasteiger partial charge in [0.25, 0.3) is 0 Å². The number of hydrogen-bond acceptors (Lipinski definition) is 2. The number of carbonyl (C=O) groups excluding carboxylic acids is 1. The van der Waals surface area contributed by atoms with Crippen molar-refractivity contribution < 1.29 is 4.79 Å². The van der Waals surface area contributed by atoms with Crippen molar-refractivity contribution in [1.29, 1.82) is 0 Å². The molecular formula is C23H37IN4O. The van der Waals surface area contributed by atoms with E-state index in [-0.39, 0.29) is 35.8 Å². The van der Waals surface area contributed by atoms with Gasteiger partial charge in [-0.2, -0.15) is 0 Å². The molecule has 2 aliphatic rings. The fraction of sp³-hybridized carbons (Fsp3) is 0.652. The van der Waals surface area contributed by atoms with Gasteiger partial charge in [0.15, 0.2) is 5.96 Å². The summed E-state index contributed by atoms with van der Waals surface area (Å²) in [6.45, 7) is 5.97. The van der Waals surface area contributed by atoms with E-state index in [4.69, 9.17) is 0 Å². The van der Waals surface area contributed by atoms with Crippen LogP contribution in [-0.2, 0) is 4.79 Å². The van der Waals surface area contributed by atoms with Crippen LogP contribution in [-0.4, -0.2) is 50.0 Å². The van der Waals surface area contributed by atoms with Crippen LogP contribution >= 0.6 is 24.0 Å². The molecular weight excluding hydrogens is 475 g/mol. The van der Waals surface area contributed by atoms with Crippen LogP contribution in [0.5, 0.6) is 0 Å². The van der Waals surface area contributed by atoms with Gasteiger partial charge in [-0.25, -0.2) is 0 Å². The average Bonchev–Trinajstić information content (AvgIpc) is 2.69. The van der Waals surface area contributed by atoms with Crippen LogP contribution in [0.1, 0.15) is 56.9 Å². The number of rotatable bonds is 7. The monoisotopic (exact) mass is 512 g/mol. The van der Waals surface area contributed by atoms with E-state index in [9.17, 15) is 4.79 Å². The number of hydrogen-bond donors (Lipinski definition) is 2. The number of nitrogens with zero attached hydrogens (tertiary/aromatic N) is 2. The van der Waals surface area contributed by atoms with E-state index in [2.05, 4.69) is 57.8 Å². The van der Waals surface area contributed by atoms with Crippen molar-refractivity contribution in [3.63, 3.8) is 0 Å². The number of guanidine groups is 1. The highest BCUT2D eigenvalue weighted by molar-refractivity contribution is 14.0. The van der Waals surface area contributed by atoms with Crippen LogP contribution < -0.4 is 10.6 Å². The molecule has 6 heteroatoms. The SMILES string of the molecule is CCC1CN(C(=NC)NCCCNC(=O)C2CCC2)CCC1c1ccccc1.I. The average molecular weight is 512 g/mol. The topological polar surface area (TPSA) is 56.7 Å². The second-order valence-electron chi connectivity index (χ2n) is 8.17. The number of carbonyl (C=O) groups is 1. The van der Waals surface area contributed by atoms with Gasteiger partial charge in [-0.05, 0) is 43.1 Å². The molecule has 5 nitrogen and oxygen atoms in total. The van der Waals surface area contributed by atoms with Crippen molar-refractivity contribution in [2.45, 2.75) is 51.4 Å². The van der Waals surface area contributed by atoms with Crippen molar-refractivity contribution in [1.82, 2.24) is 15.5 Å². The molecule has 162 valence electrons. The summed E-state index contributed by atoms with van der Waals surface area (Å²) in [5, 5.41) is 6.56. The summed E-state index contributed by atoms with van der Waals surface area (Å²) in [7, 11) is 1.87. The number of likely N-dealkylation sites (tertiary alicyclic amines) is 1. The number of halogens is 1. The van der Waals surface area contributed by atoms with Gasteiger partial charge in [0, 0.05) is 39.1 Å². The second kappa shape index (κ2) is 12.4. The van der Waals surface area contributed by atoms with Crippen LogP contribution in [0.15, 0.2) is 35.3 Å². The minimum absolute atomic E-state index is 0. The lowest BCUT2D eigenvalue weighted by Crippen LogP contribution is -2.48. The third-order valence-corrected chi connectivity index (χ3v) is 6.41. The second-order valence-corrected chi connectivity index (χ2v) is 8.17. The third-order valence-electron chi connectivity index (χ3n) is 6.41. The summed E-state index contributed by atoms with van der Waals surface area (Å²) in [6, 6.07) is 10.9. The molecule has 2 N–H and O–H groups in total. The predicted octanol–water partition coefficient (Wildman–Crippen LogP) is 4.00. The smallest absolute Gasteiger partial charge is 0.223 e. The molecule has 0 spiro atoms. The molecule has 1 saturated carbocycles. The fourth-order valence-electron chi connectivity index (χ4n) is 4.42. The van der Waals surface area contributed by atoms with Crippen molar-refractivity contribution in [2.75, 3.05) is 33.2 Å². The maximum atomic E-state index is 11.9.